The summed E-state index contributed by atoms with van der Waals surface area (Å²) in [4.78, 5) is 4.47. The Kier molecular flexibility index (Phi) is 4.94. The second-order valence-electron chi connectivity index (χ2n) is 6.51. The predicted octanol–water partition coefficient (Wildman–Crippen LogP) is 2.47. The molecule has 0 unspecified atom stereocenters. The molecule has 19 heavy (non-hydrogen) atoms. The smallest absolute Gasteiger partial charge is 0.0472 e. The highest BCUT2D eigenvalue weighted by Crippen LogP contribution is 2.23. The van der Waals surface area contributed by atoms with Gasteiger partial charge in [0.25, 0.3) is 0 Å². The molecule has 0 saturated heterocycles. The van der Waals surface area contributed by atoms with Crippen LogP contribution < -0.4 is 11.1 Å². The first-order valence-electron chi connectivity index (χ1n) is 7.46. The third kappa shape index (κ3) is 4.29. The lowest BCUT2D eigenvalue weighted by molar-refractivity contribution is 0.305. The van der Waals surface area contributed by atoms with Crippen molar-refractivity contribution in [1.29, 1.82) is 0 Å². The van der Waals surface area contributed by atoms with Gasteiger partial charge in [-0.25, -0.2) is 0 Å². The van der Waals surface area contributed by atoms with E-state index < -0.39 is 0 Å². The van der Waals surface area contributed by atoms with E-state index in [0.29, 0.717) is 6.04 Å². The van der Waals surface area contributed by atoms with E-state index in [4.69, 9.17) is 5.73 Å². The molecule has 1 aliphatic carbocycles. The van der Waals surface area contributed by atoms with E-state index in [9.17, 15) is 0 Å². The summed E-state index contributed by atoms with van der Waals surface area (Å²) in [5.74, 6) is 0.805. The van der Waals surface area contributed by atoms with Crippen LogP contribution in [-0.4, -0.2) is 24.1 Å². The summed E-state index contributed by atoms with van der Waals surface area (Å²) in [7, 11) is 0. The summed E-state index contributed by atoms with van der Waals surface area (Å²) in [6, 6.07) is 6.59. The van der Waals surface area contributed by atoms with Crippen molar-refractivity contribution in [2.75, 3.05) is 13.1 Å². The summed E-state index contributed by atoms with van der Waals surface area (Å²) in [5.41, 5.74) is 7.19. The minimum absolute atomic E-state index is 0.0896. The van der Waals surface area contributed by atoms with Gasteiger partial charge in [0.2, 0.25) is 0 Å². The largest absolute Gasteiger partial charge is 0.328 e. The molecule has 1 fully saturated rings. The Morgan fingerprint density at radius 2 is 2.00 bits per heavy atom. The zero-order chi connectivity index (χ0) is 13.7. The highest BCUT2D eigenvalue weighted by Gasteiger charge is 2.23. The second kappa shape index (κ2) is 6.49. The van der Waals surface area contributed by atoms with Crippen molar-refractivity contribution < 1.29 is 0 Å². The molecule has 1 saturated carbocycles. The van der Waals surface area contributed by atoms with Crippen LogP contribution in [0.4, 0.5) is 0 Å². The molecule has 3 N–H and O–H groups in total. The standard InChI is InChI=1S/C16H27N3/c1-16(2,15-5-3-4-10-19-15)12-18-11-13-6-8-14(17)9-7-13/h3-5,10,13-14,18H,6-9,11-12,17H2,1-2H3. The molecule has 106 valence electrons. The van der Waals surface area contributed by atoms with Crippen LogP contribution in [0.15, 0.2) is 24.4 Å². The number of nitrogens with two attached hydrogens (primary N) is 1. The van der Waals surface area contributed by atoms with Gasteiger partial charge in [0.1, 0.15) is 0 Å². The third-order valence-corrected chi connectivity index (χ3v) is 4.25. The van der Waals surface area contributed by atoms with Gasteiger partial charge in [-0.3, -0.25) is 4.98 Å². The molecule has 0 aromatic carbocycles. The van der Waals surface area contributed by atoms with Gasteiger partial charge in [0.15, 0.2) is 0 Å². The molecule has 0 bridgehead atoms. The van der Waals surface area contributed by atoms with Crippen LogP contribution in [-0.2, 0) is 5.41 Å². The van der Waals surface area contributed by atoms with E-state index in [0.717, 1.165) is 24.7 Å². The molecule has 1 aromatic rings. The Balaban J connectivity index is 1.76. The van der Waals surface area contributed by atoms with Gasteiger partial charge in [0.05, 0.1) is 0 Å². The Morgan fingerprint density at radius 3 is 2.63 bits per heavy atom. The maximum Gasteiger partial charge on any atom is 0.0472 e. The lowest BCUT2D eigenvalue weighted by Crippen LogP contribution is -2.38. The van der Waals surface area contributed by atoms with Crippen LogP contribution in [0.3, 0.4) is 0 Å². The van der Waals surface area contributed by atoms with Gasteiger partial charge in [-0.1, -0.05) is 19.9 Å². The molecule has 0 atom stereocenters. The minimum Gasteiger partial charge on any atom is -0.328 e. The SMILES string of the molecule is CC(C)(CNCC1CCC(N)CC1)c1ccccn1. The van der Waals surface area contributed by atoms with Gasteiger partial charge in [-0.2, -0.15) is 0 Å². The average molecular weight is 261 g/mol. The molecule has 0 spiro atoms. The molecule has 0 radical (unpaired) electrons. The van der Waals surface area contributed by atoms with Crippen LogP contribution in [0.25, 0.3) is 0 Å². The molecule has 0 aliphatic heterocycles. The number of hydrogen-bond donors (Lipinski definition) is 2. The Morgan fingerprint density at radius 1 is 1.26 bits per heavy atom. The van der Waals surface area contributed by atoms with E-state index in [1.807, 2.05) is 12.3 Å². The summed E-state index contributed by atoms with van der Waals surface area (Å²) >= 11 is 0. The van der Waals surface area contributed by atoms with Crippen LogP contribution in [0.1, 0.15) is 45.2 Å². The van der Waals surface area contributed by atoms with Crippen molar-refractivity contribution in [2.45, 2.75) is 51.0 Å². The quantitative estimate of drug-likeness (QED) is 0.856. The van der Waals surface area contributed by atoms with Gasteiger partial charge in [-0.15, -0.1) is 0 Å². The lowest BCUT2D eigenvalue weighted by atomic mass is 9.85. The van der Waals surface area contributed by atoms with Crippen LogP contribution >= 0.6 is 0 Å². The summed E-state index contributed by atoms with van der Waals surface area (Å²) < 4.78 is 0. The number of pyridine rings is 1. The fourth-order valence-electron chi connectivity index (χ4n) is 2.83. The minimum atomic E-state index is 0.0896. The molecule has 3 heteroatoms. The first-order valence-corrected chi connectivity index (χ1v) is 7.46. The zero-order valence-corrected chi connectivity index (χ0v) is 12.2. The fraction of sp³-hybridized carbons (Fsp3) is 0.688. The van der Waals surface area contributed by atoms with Gasteiger partial charge >= 0.3 is 0 Å². The highest BCUT2D eigenvalue weighted by atomic mass is 14.9. The van der Waals surface area contributed by atoms with Crippen molar-refractivity contribution >= 4 is 0 Å². The average Bonchev–Trinajstić information content (AvgIpc) is 2.42. The van der Waals surface area contributed by atoms with Crippen molar-refractivity contribution in [1.82, 2.24) is 10.3 Å². The van der Waals surface area contributed by atoms with E-state index >= 15 is 0 Å². The van der Waals surface area contributed by atoms with E-state index in [1.165, 1.54) is 25.7 Å². The molecule has 3 nitrogen and oxygen atoms in total. The number of nitrogens with zero attached hydrogens (tertiary/aromatic N) is 1. The third-order valence-electron chi connectivity index (χ3n) is 4.25. The van der Waals surface area contributed by atoms with Gasteiger partial charge in [-0.05, 0) is 50.3 Å². The van der Waals surface area contributed by atoms with E-state index in [-0.39, 0.29) is 5.41 Å². The molecule has 1 aromatic heterocycles. The van der Waals surface area contributed by atoms with E-state index in [1.54, 1.807) is 0 Å². The predicted molar refractivity (Wildman–Crippen MR) is 80.1 cm³/mol. The summed E-state index contributed by atoms with van der Waals surface area (Å²) in [6.45, 7) is 6.59. The van der Waals surface area contributed by atoms with Crippen LogP contribution in [0.5, 0.6) is 0 Å². The molecule has 1 heterocycles. The van der Waals surface area contributed by atoms with Crippen molar-refractivity contribution in [3.05, 3.63) is 30.1 Å². The first kappa shape index (κ1) is 14.5. The van der Waals surface area contributed by atoms with Crippen LogP contribution in [0, 0.1) is 5.92 Å². The van der Waals surface area contributed by atoms with Crippen molar-refractivity contribution in [3.8, 4) is 0 Å². The number of nitrogens with one attached hydrogen (secondary N) is 1. The summed E-state index contributed by atoms with van der Waals surface area (Å²) in [5, 5.41) is 3.63. The van der Waals surface area contributed by atoms with Gasteiger partial charge in [0, 0.05) is 29.9 Å². The Labute approximate surface area is 117 Å². The lowest BCUT2D eigenvalue weighted by Gasteiger charge is -2.29. The Hall–Kier alpha value is -0.930. The molecule has 2 rings (SSSR count). The number of aromatic nitrogens is 1. The monoisotopic (exact) mass is 261 g/mol. The maximum absolute atomic E-state index is 5.94. The first-order chi connectivity index (χ1) is 9.08. The number of hydrogen-bond acceptors (Lipinski definition) is 3. The molecule has 0 amide bonds. The maximum atomic E-state index is 5.94. The summed E-state index contributed by atoms with van der Waals surface area (Å²) in [6.07, 6.45) is 6.81. The second-order valence-corrected chi connectivity index (χ2v) is 6.51. The highest BCUT2D eigenvalue weighted by molar-refractivity contribution is 5.14. The molecular formula is C16H27N3. The Bertz CT molecular complexity index is 367. The number of rotatable bonds is 5. The van der Waals surface area contributed by atoms with Crippen molar-refractivity contribution in [2.24, 2.45) is 11.7 Å². The van der Waals surface area contributed by atoms with Gasteiger partial charge < -0.3 is 11.1 Å². The van der Waals surface area contributed by atoms with Crippen LogP contribution in [0.2, 0.25) is 0 Å². The molecule has 1 aliphatic rings. The van der Waals surface area contributed by atoms with Crippen molar-refractivity contribution in [3.63, 3.8) is 0 Å². The normalized spacial score (nSPS) is 24.4. The zero-order valence-electron chi connectivity index (χ0n) is 12.2. The topological polar surface area (TPSA) is 50.9 Å². The fourth-order valence-corrected chi connectivity index (χ4v) is 2.83. The molecular weight excluding hydrogens is 234 g/mol. The van der Waals surface area contributed by atoms with E-state index in [2.05, 4.69) is 36.3 Å².